The largest absolute Gasteiger partial charge is 0.496 e. The van der Waals surface area contributed by atoms with Gasteiger partial charge in [-0.15, -0.1) is 0 Å². The van der Waals surface area contributed by atoms with Gasteiger partial charge in [0.05, 0.1) is 12.7 Å². The van der Waals surface area contributed by atoms with Crippen molar-refractivity contribution in [2.45, 2.75) is 19.0 Å². The molecule has 1 N–H and O–H groups in total. The van der Waals surface area contributed by atoms with Gasteiger partial charge in [-0.05, 0) is 30.9 Å². The molecular formula is C16H19F3N2O3. The highest BCUT2D eigenvalue weighted by Crippen LogP contribution is 2.24. The lowest BCUT2D eigenvalue weighted by molar-refractivity contribution is -0.186. The number of likely N-dealkylation sites (tertiary alicyclic amines) is 1. The van der Waals surface area contributed by atoms with E-state index in [4.69, 9.17) is 4.74 Å². The topological polar surface area (TPSA) is 58.6 Å². The minimum absolute atomic E-state index is 0.0425. The molecule has 0 aliphatic carbocycles. The summed E-state index contributed by atoms with van der Waals surface area (Å²) in [4.78, 5) is 24.1. The van der Waals surface area contributed by atoms with Crippen molar-refractivity contribution >= 4 is 11.8 Å². The molecule has 2 rings (SSSR count). The van der Waals surface area contributed by atoms with Crippen LogP contribution in [0.25, 0.3) is 0 Å². The smallest absolute Gasteiger partial charge is 0.471 e. The number of carbonyl (C=O) groups excluding carboxylic acids is 2. The van der Waals surface area contributed by atoms with E-state index in [2.05, 4.69) is 5.32 Å². The Balaban J connectivity index is 1.82. The first-order valence-electron chi connectivity index (χ1n) is 7.60. The standard InChI is InChI=1S/C16H19F3N2O3/c1-24-13-5-3-2-4-12(13)14(22)20-10-11-6-8-21(9-7-11)15(23)16(17,18)19/h2-5,11H,6-10H2,1H3,(H,20,22). The summed E-state index contributed by atoms with van der Waals surface area (Å²) >= 11 is 0. The zero-order valence-corrected chi connectivity index (χ0v) is 13.2. The van der Waals surface area contributed by atoms with E-state index in [0.717, 1.165) is 4.90 Å². The lowest BCUT2D eigenvalue weighted by Crippen LogP contribution is -2.46. The predicted molar refractivity (Wildman–Crippen MR) is 80.7 cm³/mol. The fourth-order valence-electron chi connectivity index (χ4n) is 2.68. The second-order valence-corrected chi connectivity index (χ2v) is 5.64. The normalized spacial score (nSPS) is 15.9. The molecule has 132 valence electrons. The van der Waals surface area contributed by atoms with Gasteiger partial charge in [-0.1, -0.05) is 12.1 Å². The van der Waals surface area contributed by atoms with Gasteiger partial charge in [0.25, 0.3) is 5.91 Å². The molecule has 0 atom stereocenters. The molecule has 1 heterocycles. The van der Waals surface area contributed by atoms with Crippen molar-refractivity contribution in [3.8, 4) is 5.75 Å². The Morgan fingerprint density at radius 1 is 1.25 bits per heavy atom. The van der Waals surface area contributed by atoms with Gasteiger partial charge in [0.15, 0.2) is 0 Å². The van der Waals surface area contributed by atoms with Gasteiger partial charge in [-0.3, -0.25) is 9.59 Å². The second kappa shape index (κ2) is 7.55. The van der Waals surface area contributed by atoms with Gasteiger partial charge in [0.1, 0.15) is 5.75 Å². The number of nitrogens with zero attached hydrogens (tertiary/aromatic N) is 1. The van der Waals surface area contributed by atoms with Crippen LogP contribution in [0.3, 0.4) is 0 Å². The van der Waals surface area contributed by atoms with E-state index in [1.54, 1.807) is 24.3 Å². The van der Waals surface area contributed by atoms with Crippen LogP contribution in [0.15, 0.2) is 24.3 Å². The van der Waals surface area contributed by atoms with Gasteiger partial charge >= 0.3 is 12.1 Å². The fourth-order valence-corrected chi connectivity index (χ4v) is 2.68. The number of ether oxygens (including phenoxy) is 1. The van der Waals surface area contributed by atoms with Crippen molar-refractivity contribution in [1.29, 1.82) is 0 Å². The second-order valence-electron chi connectivity index (χ2n) is 5.64. The summed E-state index contributed by atoms with van der Waals surface area (Å²) in [6, 6.07) is 6.79. The van der Waals surface area contributed by atoms with E-state index in [1.165, 1.54) is 7.11 Å². The van der Waals surface area contributed by atoms with Gasteiger partial charge in [-0.2, -0.15) is 13.2 Å². The Hall–Kier alpha value is -2.25. The Kier molecular flexibility index (Phi) is 5.69. The van der Waals surface area contributed by atoms with E-state index < -0.39 is 12.1 Å². The highest BCUT2D eigenvalue weighted by atomic mass is 19.4. The SMILES string of the molecule is COc1ccccc1C(=O)NCC1CCN(C(=O)C(F)(F)F)CC1. The summed E-state index contributed by atoms with van der Waals surface area (Å²) in [6.07, 6.45) is -3.98. The van der Waals surface area contributed by atoms with Gasteiger partial charge < -0.3 is 15.0 Å². The van der Waals surface area contributed by atoms with Crippen LogP contribution in [0.4, 0.5) is 13.2 Å². The first kappa shape index (κ1) is 18.1. The molecule has 0 radical (unpaired) electrons. The van der Waals surface area contributed by atoms with Crippen molar-refractivity contribution in [3.63, 3.8) is 0 Å². The average molecular weight is 344 g/mol. The molecule has 1 aliphatic rings. The number of benzene rings is 1. The molecule has 1 fully saturated rings. The highest BCUT2D eigenvalue weighted by Gasteiger charge is 2.43. The Morgan fingerprint density at radius 2 is 1.88 bits per heavy atom. The molecule has 0 bridgehead atoms. The summed E-state index contributed by atoms with van der Waals surface area (Å²) in [5, 5.41) is 2.77. The number of hydrogen-bond donors (Lipinski definition) is 1. The Labute approximate surface area is 137 Å². The minimum Gasteiger partial charge on any atom is -0.496 e. The number of nitrogens with one attached hydrogen (secondary N) is 1. The third-order valence-electron chi connectivity index (χ3n) is 4.05. The fraction of sp³-hybridized carbons (Fsp3) is 0.500. The van der Waals surface area contributed by atoms with Crippen molar-refractivity contribution in [1.82, 2.24) is 10.2 Å². The van der Waals surface area contributed by atoms with Gasteiger partial charge in [0, 0.05) is 19.6 Å². The molecule has 0 spiro atoms. The maximum absolute atomic E-state index is 12.4. The predicted octanol–water partition coefficient (Wildman–Crippen LogP) is 2.23. The number of para-hydroxylation sites is 1. The van der Waals surface area contributed by atoms with Crippen LogP contribution in [-0.4, -0.2) is 49.6 Å². The van der Waals surface area contributed by atoms with E-state index >= 15 is 0 Å². The van der Waals surface area contributed by atoms with Crippen molar-refractivity contribution in [2.75, 3.05) is 26.7 Å². The average Bonchev–Trinajstić information content (AvgIpc) is 2.58. The molecule has 1 aromatic carbocycles. The summed E-state index contributed by atoms with van der Waals surface area (Å²) in [5.41, 5.74) is 0.407. The Morgan fingerprint density at radius 3 is 2.46 bits per heavy atom. The van der Waals surface area contributed by atoms with Crippen LogP contribution in [0.5, 0.6) is 5.75 Å². The zero-order chi connectivity index (χ0) is 17.7. The first-order chi connectivity index (χ1) is 11.3. The highest BCUT2D eigenvalue weighted by molar-refractivity contribution is 5.96. The summed E-state index contributed by atoms with van der Waals surface area (Å²) in [5.74, 6) is -1.58. The molecule has 1 aliphatic heterocycles. The van der Waals surface area contributed by atoms with Crippen molar-refractivity contribution in [3.05, 3.63) is 29.8 Å². The quantitative estimate of drug-likeness (QED) is 0.911. The number of hydrogen-bond acceptors (Lipinski definition) is 3. The van der Waals surface area contributed by atoms with Crippen LogP contribution in [-0.2, 0) is 4.79 Å². The molecular weight excluding hydrogens is 325 g/mol. The maximum atomic E-state index is 12.4. The molecule has 2 amide bonds. The molecule has 24 heavy (non-hydrogen) atoms. The van der Waals surface area contributed by atoms with Crippen LogP contribution in [0, 0.1) is 5.92 Å². The first-order valence-corrected chi connectivity index (χ1v) is 7.60. The van der Waals surface area contributed by atoms with Crippen LogP contribution < -0.4 is 10.1 Å². The zero-order valence-electron chi connectivity index (χ0n) is 13.2. The monoisotopic (exact) mass is 344 g/mol. The number of halogens is 3. The van der Waals surface area contributed by atoms with E-state index in [0.29, 0.717) is 30.7 Å². The van der Waals surface area contributed by atoms with E-state index in [9.17, 15) is 22.8 Å². The Bertz CT molecular complexity index is 596. The van der Waals surface area contributed by atoms with Crippen molar-refractivity contribution < 1.29 is 27.5 Å². The number of amides is 2. The van der Waals surface area contributed by atoms with E-state index in [-0.39, 0.29) is 24.9 Å². The van der Waals surface area contributed by atoms with Gasteiger partial charge in [0.2, 0.25) is 0 Å². The number of alkyl halides is 3. The lowest BCUT2D eigenvalue weighted by Gasteiger charge is -2.32. The molecule has 8 heteroatoms. The molecule has 0 saturated carbocycles. The third kappa shape index (κ3) is 4.39. The molecule has 5 nitrogen and oxygen atoms in total. The number of methoxy groups -OCH3 is 1. The summed E-state index contributed by atoms with van der Waals surface area (Å²) < 4.78 is 42.3. The summed E-state index contributed by atoms with van der Waals surface area (Å²) in [7, 11) is 1.47. The number of carbonyl (C=O) groups is 2. The molecule has 0 unspecified atom stereocenters. The minimum atomic E-state index is -4.83. The number of rotatable bonds is 4. The lowest BCUT2D eigenvalue weighted by atomic mass is 9.96. The van der Waals surface area contributed by atoms with Gasteiger partial charge in [-0.25, -0.2) is 0 Å². The van der Waals surface area contributed by atoms with Crippen LogP contribution in [0.2, 0.25) is 0 Å². The number of piperidine rings is 1. The maximum Gasteiger partial charge on any atom is 0.471 e. The van der Waals surface area contributed by atoms with Crippen molar-refractivity contribution in [2.24, 2.45) is 5.92 Å². The van der Waals surface area contributed by atoms with E-state index in [1.807, 2.05) is 0 Å². The van der Waals surface area contributed by atoms with Crippen LogP contribution in [0.1, 0.15) is 23.2 Å². The van der Waals surface area contributed by atoms with Crippen LogP contribution >= 0.6 is 0 Å². The summed E-state index contributed by atoms with van der Waals surface area (Å²) in [6.45, 7) is 0.450. The molecule has 1 saturated heterocycles. The molecule has 1 aromatic rings. The molecule has 0 aromatic heterocycles. The third-order valence-corrected chi connectivity index (χ3v) is 4.05.